The first-order valence-electron chi connectivity index (χ1n) is 6.69. The third kappa shape index (κ3) is 2.75. The van der Waals surface area contributed by atoms with Crippen LogP contribution in [0, 0.1) is 0 Å². The van der Waals surface area contributed by atoms with Gasteiger partial charge in [0.25, 0.3) is 5.91 Å². The Kier molecular flexibility index (Phi) is 4.25. The van der Waals surface area contributed by atoms with E-state index >= 15 is 0 Å². The van der Waals surface area contributed by atoms with Crippen LogP contribution >= 0.6 is 0 Å². The summed E-state index contributed by atoms with van der Waals surface area (Å²) in [7, 11) is 1.89. The van der Waals surface area contributed by atoms with Crippen LogP contribution in [0.4, 0.5) is 0 Å². The van der Waals surface area contributed by atoms with Crippen LogP contribution in [-0.4, -0.2) is 19.1 Å². The van der Waals surface area contributed by atoms with Crippen LogP contribution in [-0.2, 0) is 4.79 Å². The van der Waals surface area contributed by atoms with Crippen molar-refractivity contribution in [2.75, 3.05) is 7.05 Å². The molecule has 0 aliphatic rings. The van der Waals surface area contributed by atoms with Crippen molar-refractivity contribution in [1.82, 2.24) is 5.32 Å². The van der Waals surface area contributed by atoms with Gasteiger partial charge in [0.1, 0.15) is 5.75 Å². The molecule has 0 saturated heterocycles. The van der Waals surface area contributed by atoms with Gasteiger partial charge >= 0.3 is 0 Å². The second-order valence-corrected chi connectivity index (χ2v) is 4.88. The van der Waals surface area contributed by atoms with Crippen molar-refractivity contribution in [2.24, 2.45) is 5.73 Å². The monoisotopic (exact) mass is 272 g/mol. The number of ether oxygens (including phenoxy) is 1. The van der Waals surface area contributed by atoms with E-state index in [-0.39, 0.29) is 6.04 Å². The molecule has 0 saturated carbocycles. The molecule has 4 heteroatoms. The van der Waals surface area contributed by atoms with E-state index < -0.39 is 12.0 Å². The molecule has 2 unspecified atom stereocenters. The van der Waals surface area contributed by atoms with E-state index in [1.807, 2.05) is 44.3 Å². The van der Waals surface area contributed by atoms with Gasteiger partial charge in [0.15, 0.2) is 6.10 Å². The molecular formula is C16H20N2O2. The van der Waals surface area contributed by atoms with E-state index in [9.17, 15) is 4.79 Å². The van der Waals surface area contributed by atoms with Gasteiger partial charge < -0.3 is 15.8 Å². The molecule has 1 amide bonds. The topological polar surface area (TPSA) is 64.3 Å². The van der Waals surface area contributed by atoms with Gasteiger partial charge in [-0.3, -0.25) is 4.79 Å². The summed E-state index contributed by atoms with van der Waals surface area (Å²) in [5.41, 5.74) is 6.32. The van der Waals surface area contributed by atoms with Crippen LogP contribution in [0.5, 0.6) is 5.75 Å². The molecule has 3 N–H and O–H groups in total. The Labute approximate surface area is 118 Å². The molecule has 0 bridgehead atoms. The molecule has 0 aromatic heterocycles. The van der Waals surface area contributed by atoms with Crippen LogP contribution in [0.1, 0.15) is 25.5 Å². The summed E-state index contributed by atoms with van der Waals surface area (Å²) in [4.78, 5) is 11.3. The average molecular weight is 272 g/mol. The predicted octanol–water partition coefficient (Wildman–Crippen LogP) is 2.37. The Morgan fingerprint density at radius 2 is 1.90 bits per heavy atom. The van der Waals surface area contributed by atoms with Gasteiger partial charge in [-0.05, 0) is 26.3 Å². The molecule has 0 spiro atoms. The first-order chi connectivity index (χ1) is 9.54. The minimum atomic E-state index is -0.663. The summed E-state index contributed by atoms with van der Waals surface area (Å²) in [6.07, 6.45) is -0.663. The van der Waals surface area contributed by atoms with Gasteiger partial charge in [-0.15, -0.1) is 0 Å². The minimum Gasteiger partial charge on any atom is -0.480 e. The molecule has 20 heavy (non-hydrogen) atoms. The van der Waals surface area contributed by atoms with Gasteiger partial charge in [-0.2, -0.15) is 0 Å². The molecule has 2 rings (SSSR count). The molecule has 0 aliphatic carbocycles. The van der Waals surface area contributed by atoms with E-state index in [1.54, 1.807) is 6.92 Å². The highest BCUT2D eigenvalue weighted by Crippen LogP contribution is 2.34. The maximum atomic E-state index is 11.3. The highest BCUT2D eigenvalue weighted by molar-refractivity contribution is 5.90. The van der Waals surface area contributed by atoms with Crippen LogP contribution in [0.2, 0.25) is 0 Å². The number of rotatable bonds is 5. The number of carbonyl (C=O) groups is 1. The van der Waals surface area contributed by atoms with Gasteiger partial charge in [0.05, 0.1) is 0 Å². The van der Waals surface area contributed by atoms with Crippen molar-refractivity contribution in [1.29, 1.82) is 0 Å². The molecule has 0 heterocycles. The lowest BCUT2D eigenvalue weighted by Gasteiger charge is -2.20. The largest absolute Gasteiger partial charge is 0.480 e. The quantitative estimate of drug-likeness (QED) is 0.878. The van der Waals surface area contributed by atoms with E-state index in [0.29, 0.717) is 0 Å². The molecule has 2 aromatic carbocycles. The number of carbonyl (C=O) groups excluding carboxylic acids is 1. The maximum absolute atomic E-state index is 11.3. The molecule has 0 radical (unpaired) electrons. The number of hydrogen-bond donors (Lipinski definition) is 2. The highest BCUT2D eigenvalue weighted by Gasteiger charge is 2.18. The minimum absolute atomic E-state index is 0.120. The second-order valence-electron chi connectivity index (χ2n) is 4.88. The van der Waals surface area contributed by atoms with E-state index in [2.05, 4.69) is 11.4 Å². The third-order valence-corrected chi connectivity index (χ3v) is 3.50. The number of nitrogens with two attached hydrogens (primary N) is 1. The number of amides is 1. The zero-order valence-electron chi connectivity index (χ0n) is 12.0. The Balaban J connectivity index is 2.58. The van der Waals surface area contributed by atoms with Gasteiger partial charge in [-0.25, -0.2) is 0 Å². The third-order valence-electron chi connectivity index (χ3n) is 3.50. The fourth-order valence-electron chi connectivity index (χ4n) is 2.12. The highest BCUT2D eigenvalue weighted by atomic mass is 16.5. The number of hydrogen-bond acceptors (Lipinski definition) is 3. The zero-order chi connectivity index (χ0) is 14.7. The standard InChI is InChI=1S/C16H20N2O2/c1-10(18-3)13-9-8-12-6-4-5-7-14(12)15(13)20-11(2)16(17)19/h4-11,18H,1-3H3,(H2,17,19). The maximum Gasteiger partial charge on any atom is 0.258 e. The SMILES string of the molecule is CNC(C)c1ccc2ccccc2c1OC(C)C(N)=O. The molecule has 2 aromatic rings. The van der Waals surface area contributed by atoms with Crippen molar-refractivity contribution in [2.45, 2.75) is 26.0 Å². The summed E-state index contributed by atoms with van der Waals surface area (Å²) >= 11 is 0. The van der Waals surface area contributed by atoms with Crippen LogP contribution in [0.3, 0.4) is 0 Å². The Bertz CT molecular complexity index is 625. The van der Waals surface area contributed by atoms with Crippen LogP contribution in [0.25, 0.3) is 10.8 Å². The molecule has 0 fully saturated rings. The summed E-state index contributed by atoms with van der Waals surface area (Å²) in [6, 6.07) is 12.1. The van der Waals surface area contributed by atoms with E-state index in [4.69, 9.17) is 10.5 Å². The molecule has 4 nitrogen and oxygen atoms in total. The Hall–Kier alpha value is -2.07. The summed E-state index contributed by atoms with van der Waals surface area (Å²) in [5.74, 6) is 0.247. The molecular weight excluding hydrogens is 252 g/mol. The predicted molar refractivity (Wildman–Crippen MR) is 80.7 cm³/mol. The fraction of sp³-hybridized carbons (Fsp3) is 0.312. The van der Waals surface area contributed by atoms with Crippen molar-refractivity contribution < 1.29 is 9.53 Å². The molecule has 0 aliphatic heterocycles. The average Bonchev–Trinajstić information content (AvgIpc) is 2.46. The number of primary amides is 1. The van der Waals surface area contributed by atoms with Crippen LogP contribution < -0.4 is 15.8 Å². The first-order valence-corrected chi connectivity index (χ1v) is 6.69. The number of benzene rings is 2. The molecule has 106 valence electrons. The van der Waals surface area contributed by atoms with Crippen molar-refractivity contribution in [3.8, 4) is 5.75 Å². The fourth-order valence-corrected chi connectivity index (χ4v) is 2.12. The van der Waals surface area contributed by atoms with Gasteiger partial charge in [0, 0.05) is 17.0 Å². The van der Waals surface area contributed by atoms with Gasteiger partial charge in [0.2, 0.25) is 0 Å². The molecule has 2 atom stereocenters. The summed E-state index contributed by atoms with van der Waals surface area (Å²) in [6.45, 7) is 3.71. The van der Waals surface area contributed by atoms with Crippen molar-refractivity contribution in [3.05, 3.63) is 42.0 Å². The number of nitrogens with one attached hydrogen (secondary N) is 1. The van der Waals surface area contributed by atoms with E-state index in [1.165, 1.54) is 0 Å². The second kappa shape index (κ2) is 5.92. The normalized spacial score (nSPS) is 13.9. The Morgan fingerprint density at radius 3 is 2.55 bits per heavy atom. The van der Waals surface area contributed by atoms with Crippen molar-refractivity contribution >= 4 is 16.7 Å². The van der Waals surface area contributed by atoms with Crippen LogP contribution in [0.15, 0.2) is 36.4 Å². The van der Waals surface area contributed by atoms with Gasteiger partial charge in [-0.1, -0.05) is 36.4 Å². The summed E-state index contributed by atoms with van der Waals surface area (Å²) < 4.78 is 5.83. The van der Waals surface area contributed by atoms with Crippen molar-refractivity contribution in [3.63, 3.8) is 0 Å². The first kappa shape index (κ1) is 14.3. The summed E-state index contributed by atoms with van der Waals surface area (Å²) in [5, 5.41) is 5.25. The lowest BCUT2D eigenvalue weighted by atomic mass is 10.0. The number of fused-ring (bicyclic) bond motifs is 1. The smallest absolute Gasteiger partial charge is 0.258 e. The Morgan fingerprint density at radius 1 is 1.20 bits per heavy atom. The zero-order valence-corrected chi connectivity index (χ0v) is 12.0. The lowest BCUT2D eigenvalue weighted by molar-refractivity contribution is -0.123. The lowest BCUT2D eigenvalue weighted by Crippen LogP contribution is -2.31. The van der Waals surface area contributed by atoms with E-state index in [0.717, 1.165) is 22.1 Å².